The van der Waals surface area contributed by atoms with Gasteiger partial charge in [0.25, 0.3) is 5.91 Å². The summed E-state index contributed by atoms with van der Waals surface area (Å²) in [7, 11) is 0. The first-order valence-corrected chi connectivity index (χ1v) is 7.96. The quantitative estimate of drug-likeness (QED) is 0.750. The average Bonchev–Trinajstić information content (AvgIpc) is 2.63. The maximum Gasteiger partial charge on any atom is 0.255 e. The van der Waals surface area contributed by atoms with Crippen molar-refractivity contribution in [1.82, 2.24) is 0 Å². The molecule has 4 nitrogen and oxygen atoms in total. The lowest BCUT2D eigenvalue weighted by molar-refractivity contribution is 0.0998. The predicted molar refractivity (Wildman–Crippen MR) is 98.6 cm³/mol. The lowest BCUT2D eigenvalue weighted by Crippen LogP contribution is -2.15. The Morgan fingerprint density at radius 2 is 1.44 bits per heavy atom. The first-order chi connectivity index (χ1) is 12.1. The topological polar surface area (TPSA) is 72.2 Å². The number of benzene rings is 3. The molecule has 0 unspecified atom stereocenters. The fourth-order valence-corrected chi connectivity index (χ4v) is 2.63. The zero-order valence-corrected chi connectivity index (χ0v) is 13.6. The Labute approximate surface area is 146 Å². The van der Waals surface area contributed by atoms with E-state index in [1.807, 2.05) is 54.6 Å². The van der Waals surface area contributed by atoms with Crippen molar-refractivity contribution >= 4 is 17.5 Å². The molecule has 2 amide bonds. The zero-order valence-electron chi connectivity index (χ0n) is 13.6. The van der Waals surface area contributed by atoms with Gasteiger partial charge in [0.2, 0.25) is 5.91 Å². The van der Waals surface area contributed by atoms with Crippen LogP contribution < -0.4 is 11.1 Å². The van der Waals surface area contributed by atoms with Crippen molar-refractivity contribution in [2.24, 2.45) is 5.73 Å². The maximum atomic E-state index is 12.6. The smallest absolute Gasteiger partial charge is 0.255 e. The maximum absolute atomic E-state index is 12.6. The van der Waals surface area contributed by atoms with Crippen LogP contribution in [0.15, 0.2) is 78.9 Å². The molecule has 3 aromatic rings. The van der Waals surface area contributed by atoms with E-state index in [2.05, 4.69) is 5.32 Å². The van der Waals surface area contributed by atoms with Gasteiger partial charge < -0.3 is 11.1 Å². The molecule has 0 spiro atoms. The Morgan fingerprint density at radius 3 is 2.12 bits per heavy atom. The van der Waals surface area contributed by atoms with Gasteiger partial charge in [0, 0.05) is 16.8 Å². The summed E-state index contributed by atoms with van der Waals surface area (Å²) in [6.07, 6.45) is 0.686. The van der Waals surface area contributed by atoms with Crippen LogP contribution in [0.4, 0.5) is 5.69 Å². The molecule has 0 aromatic heterocycles. The van der Waals surface area contributed by atoms with E-state index in [4.69, 9.17) is 5.73 Å². The van der Waals surface area contributed by atoms with Crippen molar-refractivity contribution < 1.29 is 9.59 Å². The van der Waals surface area contributed by atoms with Gasteiger partial charge in [0.15, 0.2) is 0 Å². The fourth-order valence-electron chi connectivity index (χ4n) is 2.63. The van der Waals surface area contributed by atoms with Crippen molar-refractivity contribution in [1.29, 1.82) is 0 Å². The van der Waals surface area contributed by atoms with Crippen LogP contribution in [-0.2, 0) is 6.42 Å². The van der Waals surface area contributed by atoms with Crippen LogP contribution in [0.25, 0.3) is 0 Å². The second-order valence-electron chi connectivity index (χ2n) is 5.72. The number of carbonyl (C=O) groups is 2. The minimum Gasteiger partial charge on any atom is -0.366 e. The summed E-state index contributed by atoms with van der Waals surface area (Å²) in [5, 5.41) is 2.86. The molecular weight excluding hydrogens is 312 g/mol. The first kappa shape index (κ1) is 16.5. The molecule has 3 rings (SSSR count). The lowest BCUT2D eigenvalue weighted by atomic mass is 9.99. The zero-order chi connectivity index (χ0) is 17.6. The summed E-state index contributed by atoms with van der Waals surface area (Å²) < 4.78 is 0. The molecule has 0 atom stereocenters. The molecule has 0 aliphatic heterocycles. The van der Waals surface area contributed by atoms with E-state index in [1.165, 1.54) is 0 Å². The van der Waals surface area contributed by atoms with Crippen LogP contribution in [0.1, 0.15) is 31.8 Å². The third-order valence-corrected chi connectivity index (χ3v) is 3.93. The Hall–Kier alpha value is -3.40. The number of anilines is 1. The highest BCUT2D eigenvalue weighted by atomic mass is 16.2. The second-order valence-corrected chi connectivity index (χ2v) is 5.72. The number of nitrogens with one attached hydrogen (secondary N) is 1. The molecule has 0 saturated carbocycles. The predicted octanol–water partition coefficient (Wildman–Crippen LogP) is 3.63. The Morgan fingerprint density at radius 1 is 0.800 bits per heavy atom. The minimum atomic E-state index is -0.494. The number of nitrogens with two attached hydrogens (primary N) is 1. The number of hydrogen-bond acceptors (Lipinski definition) is 2. The van der Waals surface area contributed by atoms with Gasteiger partial charge in [-0.2, -0.15) is 0 Å². The van der Waals surface area contributed by atoms with Crippen molar-refractivity contribution in [3.63, 3.8) is 0 Å². The Bertz CT molecular complexity index is 887. The van der Waals surface area contributed by atoms with Crippen molar-refractivity contribution in [2.75, 3.05) is 5.32 Å². The van der Waals surface area contributed by atoms with Crippen LogP contribution in [0.5, 0.6) is 0 Å². The van der Waals surface area contributed by atoms with Gasteiger partial charge in [-0.25, -0.2) is 0 Å². The SMILES string of the molecule is NC(=O)c1ccc(NC(=O)c2ccccc2Cc2ccccc2)cc1. The third kappa shape index (κ3) is 4.12. The Kier molecular flexibility index (Phi) is 4.90. The average molecular weight is 330 g/mol. The van der Waals surface area contributed by atoms with Crippen LogP contribution >= 0.6 is 0 Å². The number of primary amides is 1. The molecule has 124 valence electrons. The monoisotopic (exact) mass is 330 g/mol. The van der Waals surface area contributed by atoms with Gasteiger partial charge >= 0.3 is 0 Å². The number of amides is 2. The van der Waals surface area contributed by atoms with Gasteiger partial charge in [0.05, 0.1) is 0 Å². The molecule has 0 fully saturated rings. The van der Waals surface area contributed by atoms with E-state index in [0.717, 1.165) is 11.1 Å². The molecule has 3 aromatic carbocycles. The first-order valence-electron chi connectivity index (χ1n) is 7.96. The van der Waals surface area contributed by atoms with Crippen molar-refractivity contribution in [2.45, 2.75) is 6.42 Å². The largest absolute Gasteiger partial charge is 0.366 e. The van der Waals surface area contributed by atoms with Crippen molar-refractivity contribution in [3.8, 4) is 0 Å². The number of hydrogen-bond donors (Lipinski definition) is 2. The second kappa shape index (κ2) is 7.45. The normalized spacial score (nSPS) is 10.2. The molecule has 0 aliphatic carbocycles. The molecule has 25 heavy (non-hydrogen) atoms. The van der Waals surface area contributed by atoms with E-state index >= 15 is 0 Å². The summed E-state index contributed by atoms with van der Waals surface area (Å²) in [5.41, 5.74) is 8.98. The number of carbonyl (C=O) groups excluding carboxylic acids is 2. The molecule has 0 radical (unpaired) electrons. The minimum absolute atomic E-state index is 0.182. The molecule has 4 heteroatoms. The Balaban J connectivity index is 1.79. The highest BCUT2D eigenvalue weighted by Crippen LogP contribution is 2.17. The molecule has 3 N–H and O–H groups in total. The molecule has 0 aliphatic rings. The lowest BCUT2D eigenvalue weighted by Gasteiger charge is -2.11. The molecular formula is C21H18N2O2. The summed E-state index contributed by atoms with van der Waals surface area (Å²) >= 11 is 0. The molecule has 0 heterocycles. The van der Waals surface area contributed by atoms with Gasteiger partial charge in [-0.1, -0.05) is 48.5 Å². The van der Waals surface area contributed by atoms with E-state index < -0.39 is 5.91 Å². The third-order valence-electron chi connectivity index (χ3n) is 3.93. The highest BCUT2D eigenvalue weighted by Gasteiger charge is 2.12. The standard InChI is InChI=1S/C21H18N2O2/c22-20(24)16-10-12-18(13-11-16)23-21(25)19-9-5-4-8-17(19)14-15-6-2-1-3-7-15/h1-13H,14H2,(H2,22,24)(H,23,25). The summed E-state index contributed by atoms with van der Waals surface area (Å²) in [4.78, 5) is 23.8. The summed E-state index contributed by atoms with van der Waals surface area (Å²) in [5.74, 6) is -0.676. The molecule has 0 bridgehead atoms. The van der Waals surface area contributed by atoms with Crippen LogP contribution in [0, 0.1) is 0 Å². The van der Waals surface area contributed by atoms with E-state index in [-0.39, 0.29) is 5.91 Å². The number of rotatable bonds is 5. The van der Waals surface area contributed by atoms with Crippen LogP contribution in [0.3, 0.4) is 0 Å². The van der Waals surface area contributed by atoms with Crippen molar-refractivity contribution in [3.05, 3.63) is 101 Å². The van der Waals surface area contributed by atoms with Crippen LogP contribution in [-0.4, -0.2) is 11.8 Å². The summed E-state index contributed by atoms with van der Waals surface area (Å²) in [6.45, 7) is 0. The van der Waals surface area contributed by atoms with E-state index in [0.29, 0.717) is 23.2 Å². The fraction of sp³-hybridized carbons (Fsp3) is 0.0476. The van der Waals surface area contributed by atoms with Gasteiger partial charge in [-0.15, -0.1) is 0 Å². The van der Waals surface area contributed by atoms with Gasteiger partial charge in [0.1, 0.15) is 0 Å². The van der Waals surface area contributed by atoms with Gasteiger partial charge in [-0.05, 0) is 47.9 Å². The van der Waals surface area contributed by atoms with E-state index in [9.17, 15) is 9.59 Å². The molecule has 0 saturated heterocycles. The van der Waals surface area contributed by atoms with E-state index in [1.54, 1.807) is 24.3 Å². The van der Waals surface area contributed by atoms with Crippen LogP contribution in [0.2, 0.25) is 0 Å². The van der Waals surface area contributed by atoms with Gasteiger partial charge in [-0.3, -0.25) is 9.59 Å². The summed E-state index contributed by atoms with van der Waals surface area (Å²) in [6, 6.07) is 24.1. The highest BCUT2D eigenvalue weighted by molar-refractivity contribution is 6.05.